The molecule has 0 saturated heterocycles. The number of aromatic nitrogens is 1. The van der Waals surface area contributed by atoms with E-state index in [9.17, 15) is 4.79 Å². The fraction of sp³-hybridized carbons (Fsp3) is 0.333. The summed E-state index contributed by atoms with van der Waals surface area (Å²) in [5, 5.41) is 4.01. The van der Waals surface area contributed by atoms with E-state index in [-0.39, 0.29) is 5.91 Å². The van der Waals surface area contributed by atoms with E-state index in [4.69, 9.17) is 19.8 Å². The summed E-state index contributed by atoms with van der Waals surface area (Å²) in [7, 11) is 0. The molecule has 0 radical (unpaired) electrons. The van der Waals surface area contributed by atoms with Crippen molar-refractivity contribution in [2.24, 2.45) is 5.84 Å². The molecule has 0 atom stereocenters. The van der Waals surface area contributed by atoms with Crippen molar-refractivity contribution < 1.29 is 18.8 Å². The van der Waals surface area contributed by atoms with Gasteiger partial charge in [0.2, 0.25) is 6.29 Å². The summed E-state index contributed by atoms with van der Waals surface area (Å²) >= 11 is 0. The van der Waals surface area contributed by atoms with Crippen LogP contribution in [0.5, 0.6) is 0 Å². The van der Waals surface area contributed by atoms with Gasteiger partial charge in [0.25, 0.3) is 5.91 Å². The van der Waals surface area contributed by atoms with Crippen molar-refractivity contribution in [2.45, 2.75) is 20.1 Å². The Hall–Kier alpha value is -2.22. The summed E-state index contributed by atoms with van der Waals surface area (Å²) in [6.45, 7) is 4.77. The molecule has 0 spiro atoms. The Morgan fingerprint density at radius 1 is 1.27 bits per heavy atom. The first-order valence-corrected chi connectivity index (χ1v) is 7.00. The van der Waals surface area contributed by atoms with Crippen molar-refractivity contribution in [3.63, 3.8) is 0 Å². The van der Waals surface area contributed by atoms with Gasteiger partial charge in [-0.3, -0.25) is 10.2 Å². The molecule has 7 nitrogen and oxygen atoms in total. The summed E-state index contributed by atoms with van der Waals surface area (Å²) < 4.78 is 16.2. The number of rotatable bonds is 7. The summed E-state index contributed by atoms with van der Waals surface area (Å²) in [4.78, 5) is 11.4. The minimum Gasteiger partial charge on any atom is -0.355 e. The van der Waals surface area contributed by atoms with Gasteiger partial charge in [0, 0.05) is 30.4 Å². The number of nitrogens with one attached hydrogen (secondary N) is 1. The van der Waals surface area contributed by atoms with Crippen molar-refractivity contribution in [1.82, 2.24) is 10.6 Å². The zero-order valence-corrected chi connectivity index (χ0v) is 12.5. The third-order valence-corrected chi connectivity index (χ3v) is 2.97. The first-order chi connectivity index (χ1) is 10.7. The number of hydrazine groups is 1. The quantitative estimate of drug-likeness (QED) is 0.351. The maximum absolute atomic E-state index is 11.4. The van der Waals surface area contributed by atoms with Crippen LogP contribution in [0.15, 0.2) is 34.9 Å². The van der Waals surface area contributed by atoms with Gasteiger partial charge in [-0.05, 0) is 26.0 Å². The fourth-order valence-corrected chi connectivity index (χ4v) is 1.93. The molecule has 2 rings (SSSR count). The van der Waals surface area contributed by atoms with Gasteiger partial charge in [0.1, 0.15) is 5.69 Å². The highest BCUT2D eigenvalue weighted by atomic mass is 16.7. The van der Waals surface area contributed by atoms with E-state index < -0.39 is 6.29 Å². The summed E-state index contributed by atoms with van der Waals surface area (Å²) in [6, 6.07) is 8.61. The van der Waals surface area contributed by atoms with Crippen LogP contribution < -0.4 is 11.3 Å². The van der Waals surface area contributed by atoms with E-state index in [1.165, 1.54) is 0 Å². The van der Waals surface area contributed by atoms with Crippen molar-refractivity contribution in [1.29, 1.82) is 0 Å². The Balaban J connectivity index is 2.18. The Morgan fingerprint density at radius 2 is 1.91 bits per heavy atom. The first kappa shape index (κ1) is 16.2. The molecule has 1 aromatic carbocycles. The van der Waals surface area contributed by atoms with Crippen LogP contribution in [0.3, 0.4) is 0 Å². The Morgan fingerprint density at radius 3 is 2.45 bits per heavy atom. The molecule has 0 bridgehead atoms. The van der Waals surface area contributed by atoms with Crippen LogP contribution in [0.4, 0.5) is 0 Å². The third-order valence-electron chi connectivity index (χ3n) is 2.97. The predicted octanol–water partition coefficient (Wildman–Crippen LogP) is 2.02. The minimum absolute atomic E-state index is 0.347. The number of hydrogen-bond donors (Lipinski definition) is 2. The van der Waals surface area contributed by atoms with Gasteiger partial charge >= 0.3 is 0 Å². The van der Waals surface area contributed by atoms with Gasteiger partial charge in [0.05, 0.1) is 0 Å². The predicted molar refractivity (Wildman–Crippen MR) is 79.6 cm³/mol. The first-order valence-electron chi connectivity index (χ1n) is 7.00. The van der Waals surface area contributed by atoms with E-state index in [1.54, 1.807) is 30.3 Å². The Labute approximate surface area is 128 Å². The number of carbonyl (C=O) groups is 1. The van der Waals surface area contributed by atoms with E-state index in [1.807, 2.05) is 13.8 Å². The summed E-state index contributed by atoms with van der Waals surface area (Å²) in [6.07, 6.45) is -0.571. The molecule has 0 unspecified atom stereocenters. The van der Waals surface area contributed by atoms with Gasteiger partial charge in [0.15, 0.2) is 5.76 Å². The molecule has 118 valence electrons. The van der Waals surface area contributed by atoms with Crippen LogP contribution in [0.2, 0.25) is 0 Å². The highest BCUT2D eigenvalue weighted by Gasteiger charge is 2.18. The smallest absolute Gasteiger partial charge is 0.265 e. The van der Waals surface area contributed by atoms with Crippen LogP contribution in [0.1, 0.15) is 36.3 Å². The highest BCUT2D eigenvalue weighted by molar-refractivity contribution is 5.94. The van der Waals surface area contributed by atoms with E-state index >= 15 is 0 Å². The lowest BCUT2D eigenvalue weighted by molar-refractivity contribution is -0.152. The number of carbonyl (C=O) groups excluding carboxylic acids is 1. The third kappa shape index (κ3) is 3.70. The van der Waals surface area contributed by atoms with Crippen LogP contribution in [-0.4, -0.2) is 24.3 Å². The molecule has 3 N–H and O–H groups in total. The van der Waals surface area contributed by atoms with Crippen LogP contribution in [-0.2, 0) is 9.47 Å². The molecule has 2 aromatic rings. The maximum atomic E-state index is 11.4. The highest BCUT2D eigenvalue weighted by Crippen LogP contribution is 2.25. The average Bonchev–Trinajstić information content (AvgIpc) is 3.04. The summed E-state index contributed by atoms with van der Waals surface area (Å²) in [5.41, 5.74) is 4.00. The molecule has 22 heavy (non-hydrogen) atoms. The maximum Gasteiger partial charge on any atom is 0.265 e. The van der Waals surface area contributed by atoms with Gasteiger partial charge < -0.3 is 14.0 Å². The van der Waals surface area contributed by atoms with Gasteiger partial charge in [-0.25, -0.2) is 5.84 Å². The molecule has 0 fully saturated rings. The molecule has 0 aliphatic rings. The molecule has 7 heteroatoms. The zero-order chi connectivity index (χ0) is 15.9. The van der Waals surface area contributed by atoms with Crippen molar-refractivity contribution >= 4 is 5.91 Å². The molecule has 1 aromatic heterocycles. The molecule has 0 saturated carbocycles. The topological polar surface area (TPSA) is 99.6 Å². The number of nitrogens with two attached hydrogens (primary N) is 1. The van der Waals surface area contributed by atoms with Gasteiger partial charge in [-0.1, -0.05) is 17.3 Å². The van der Waals surface area contributed by atoms with E-state index in [2.05, 4.69) is 10.6 Å². The largest absolute Gasteiger partial charge is 0.355 e. The van der Waals surface area contributed by atoms with Crippen molar-refractivity contribution in [3.8, 4) is 11.3 Å². The van der Waals surface area contributed by atoms with Crippen LogP contribution in [0, 0.1) is 0 Å². The fourth-order valence-electron chi connectivity index (χ4n) is 1.93. The van der Waals surface area contributed by atoms with E-state index in [0.717, 1.165) is 5.56 Å². The molecule has 1 amide bonds. The lowest BCUT2D eigenvalue weighted by Gasteiger charge is -2.12. The zero-order valence-electron chi connectivity index (χ0n) is 12.5. The molecule has 0 aliphatic heterocycles. The molecule has 1 heterocycles. The molecular weight excluding hydrogens is 286 g/mol. The second-order valence-corrected chi connectivity index (χ2v) is 4.41. The normalized spacial score (nSPS) is 10.9. The summed E-state index contributed by atoms with van der Waals surface area (Å²) in [5.74, 6) is 5.25. The number of amides is 1. The minimum atomic E-state index is -0.571. The average molecular weight is 305 g/mol. The standard InChI is InChI=1S/C15H19N3O4/c1-3-20-15(21-4-2)13-9-12(18-22-13)10-5-7-11(8-6-10)14(19)17-16/h5-9,15H,3-4,16H2,1-2H3,(H,17,19). The van der Waals surface area contributed by atoms with Gasteiger partial charge in [-0.2, -0.15) is 0 Å². The van der Waals surface area contributed by atoms with E-state index in [0.29, 0.717) is 30.2 Å². The number of benzene rings is 1. The Kier molecular flexibility index (Phi) is 5.65. The second kappa shape index (κ2) is 7.69. The van der Waals surface area contributed by atoms with Crippen molar-refractivity contribution in [2.75, 3.05) is 13.2 Å². The number of ether oxygens (including phenoxy) is 2. The Bertz CT molecular complexity index is 604. The number of nitrogens with zero attached hydrogens (tertiary/aromatic N) is 1. The molecular formula is C15H19N3O4. The number of nitrogen functional groups attached to an aromatic ring is 1. The second-order valence-electron chi connectivity index (χ2n) is 4.41. The lowest BCUT2D eigenvalue weighted by atomic mass is 10.1. The van der Waals surface area contributed by atoms with Crippen molar-refractivity contribution in [3.05, 3.63) is 41.7 Å². The monoisotopic (exact) mass is 305 g/mol. The lowest BCUT2D eigenvalue weighted by Crippen LogP contribution is -2.29. The number of hydrogen-bond acceptors (Lipinski definition) is 6. The van der Waals surface area contributed by atoms with Crippen LogP contribution >= 0.6 is 0 Å². The van der Waals surface area contributed by atoms with Crippen LogP contribution in [0.25, 0.3) is 11.3 Å². The SMILES string of the molecule is CCOC(OCC)c1cc(-c2ccc(C(=O)NN)cc2)no1. The van der Waals surface area contributed by atoms with Gasteiger partial charge in [-0.15, -0.1) is 0 Å². The molecule has 0 aliphatic carbocycles.